The van der Waals surface area contributed by atoms with Gasteiger partial charge in [0.1, 0.15) is 36.3 Å². The van der Waals surface area contributed by atoms with E-state index in [2.05, 4.69) is 31.6 Å². The van der Waals surface area contributed by atoms with E-state index in [1.54, 1.807) is 52.1 Å². The van der Waals surface area contributed by atoms with Crippen molar-refractivity contribution >= 4 is 64.1 Å². The number of nitrogens with zero attached hydrogens (tertiary/aromatic N) is 1. The minimum absolute atomic E-state index is 0.0827. The summed E-state index contributed by atoms with van der Waals surface area (Å²) >= 11 is 0. The van der Waals surface area contributed by atoms with E-state index in [0.717, 1.165) is 10.9 Å². The van der Waals surface area contributed by atoms with E-state index in [4.69, 9.17) is 17.2 Å². The highest BCUT2D eigenvalue weighted by Crippen LogP contribution is 2.23. The number of carbonyl (C=O) groups excluding carboxylic acids is 8. The Morgan fingerprint density at radius 2 is 1.33 bits per heavy atom. The number of fused-ring (bicyclic) bond motifs is 1. The minimum atomic E-state index is -1.68. The fourth-order valence-corrected chi connectivity index (χ4v) is 6.75. The number of likely N-dealkylation sites (tertiary alicyclic amines) is 1. The maximum atomic E-state index is 14.3. The van der Waals surface area contributed by atoms with Gasteiger partial charge in [0.25, 0.3) is 0 Å². The molecule has 2 heterocycles. The van der Waals surface area contributed by atoms with Gasteiger partial charge < -0.3 is 63.9 Å². The summed E-state index contributed by atoms with van der Waals surface area (Å²) < 4.78 is 0. The quantitative estimate of drug-likeness (QED) is 0.0548. The summed E-state index contributed by atoms with van der Waals surface area (Å²) in [5.74, 6) is -9.44. The van der Waals surface area contributed by atoms with Crippen LogP contribution in [-0.4, -0.2) is 129 Å². The average Bonchev–Trinajstić information content (AvgIpc) is 3.87. The van der Waals surface area contributed by atoms with Gasteiger partial charge in [-0.05, 0) is 36.3 Å². The van der Waals surface area contributed by atoms with Crippen molar-refractivity contribution < 1.29 is 53.4 Å². The van der Waals surface area contributed by atoms with Crippen molar-refractivity contribution in [3.63, 3.8) is 0 Å². The molecule has 3 rings (SSSR count). The second kappa shape index (κ2) is 22.3. The van der Waals surface area contributed by atoms with E-state index >= 15 is 0 Å². The molecule has 0 bridgehead atoms. The predicted octanol–water partition coefficient (Wildman–Crippen LogP) is -2.63. The van der Waals surface area contributed by atoms with Gasteiger partial charge in [0, 0.05) is 30.1 Å². The van der Waals surface area contributed by atoms with Crippen LogP contribution in [0.25, 0.3) is 10.9 Å². The van der Waals surface area contributed by atoms with Crippen molar-refractivity contribution in [3.05, 3.63) is 36.0 Å². The zero-order valence-corrected chi connectivity index (χ0v) is 34.2. The molecule has 1 aliphatic rings. The third kappa shape index (κ3) is 13.0. The standard InChI is InChI=1S/C39H58N10O11/c1-5-19(3)31(42)37(57)46-25(15-29(40)51)34(54)44-26(16-30(41)52)35(55)48-32(20(4)6-2)38(58)49-13-9-12-28(49)36(56)45-24(33(53)47-27(18-50)39(59)60)14-21-17-43-23-11-8-7-10-22(21)23/h7-8,10-11,17,19-20,24-28,31-32,43,50H,5-6,9,12-16,18,42H2,1-4H3,(H2,40,51)(H2,41,52)(H,44,54)(H,45,56)(H,46,57)(H,47,53)(H,48,55)(H,59,60)/t19-,20-,24-,25-,26-,27-,28-,31-,32-/m0/s1. The number of aromatic amines is 1. The van der Waals surface area contributed by atoms with Gasteiger partial charge in [0.15, 0.2) is 0 Å². The summed E-state index contributed by atoms with van der Waals surface area (Å²) in [4.78, 5) is 122. The molecule has 330 valence electrons. The molecule has 1 aromatic carbocycles. The molecule has 21 heteroatoms. The number of carboxylic acids is 1. The summed E-state index contributed by atoms with van der Waals surface area (Å²) in [5, 5.41) is 32.0. The Labute approximate surface area is 346 Å². The molecule has 0 aliphatic carbocycles. The second-order valence-corrected chi connectivity index (χ2v) is 15.1. The number of para-hydroxylation sites is 1. The zero-order chi connectivity index (χ0) is 44.8. The number of hydrogen-bond donors (Lipinski definition) is 11. The number of carboxylic acid groups (broad SMARTS) is 1. The number of carbonyl (C=O) groups is 9. The SMILES string of the molecule is CC[C@H](C)[C@H](N)C(=O)N[C@@H](CC(N)=O)C(=O)N[C@@H](CC(N)=O)C(=O)N[C@H](C(=O)N1CCC[C@H]1C(=O)N[C@@H](Cc1c[nH]c2ccccc12)C(=O)N[C@@H](CO)C(=O)O)[C@@H](C)CC. The number of nitrogens with two attached hydrogens (primary N) is 3. The summed E-state index contributed by atoms with van der Waals surface area (Å²) in [6.07, 6.45) is 1.56. The molecule has 0 radical (unpaired) electrons. The van der Waals surface area contributed by atoms with Crippen LogP contribution in [0, 0.1) is 11.8 Å². The van der Waals surface area contributed by atoms with Crippen LogP contribution in [0.15, 0.2) is 30.5 Å². The van der Waals surface area contributed by atoms with E-state index in [0.29, 0.717) is 24.8 Å². The Kier molecular flexibility index (Phi) is 18.0. The van der Waals surface area contributed by atoms with Gasteiger partial charge in [-0.15, -0.1) is 0 Å². The molecule has 60 heavy (non-hydrogen) atoms. The summed E-state index contributed by atoms with van der Waals surface area (Å²) in [7, 11) is 0. The molecule has 2 aromatic rings. The molecule has 14 N–H and O–H groups in total. The summed E-state index contributed by atoms with van der Waals surface area (Å²) in [5.41, 5.74) is 18.1. The van der Waals surface area contributed by atoms with Crippen molar-refractivity contribution in [2.75, 3.05) is 13.2 Å². The van der Waals surface area contributed by atoms with E-state index in [-0.39, 0.29) is 25.3 Å². The maximum absolute atomic E-state index is 14.3. The van der Waals surface area contributed by atoms with Crippen molar-refractivity contribution in [1.29, 1.82) is 0 Å². The van der Waals surface area contributed by atoms with Crippen LogP contribution in [-0.2, 0) is 49.6 Å². The van der Waals surface area contributed by atoms with E-state index in [1.165, 1.54) is 4.90 Å². The lowest BCUT2D eigenvalue weighted by molar-refractivity contribution is -0.145. The first kappa shape index (κ1) is 48.3. The van der Waals surface area contributed by atoms with Crippen molar-refractivity contribution in [1.82, 2.24) is 36.5 Å². The number of aliphatic hydroxyl groups is 1. The van der Waals surface area contributed by atoms with Crippen LogP contribution >= 0.6 is 0 Å². The Morgan fingerprint density at radius 3 is 1.90 bits per heavy atom. The third-order valence-electron chi connectivity index (χ3n) is 10.8. The minimum Gasteiger partial charge on any atom is -0.480 e. The molecular formula is C39H58N10O11. The molecule has 9 atom stereocenters. The Morgan fingerprint density at radius 1 is 0.783 bits per heavy atom. The summed E-state index contributed by atoms with van der Waals surface area (Å²) in [6, 6.07) is -2.55. The lowest BCUT2D eigenvalue weighted by Crippen LogP contribution is -2.61. The highest BCUT2D eigenvalue weighted by atomic mass is 16.4. The second-order valence-electron chi connectivity index (χ2n) is 15.1. The number of nitrogens with one attached hydrogen (secondary N) is 6. The van der Waals surface area contributed by atoms with Crippen LogP contribution in [0.4, 0.5) is 0 Å². The average molecular weight is 843 g/mol. The molecule has 0 unspecified atom stereocenters. The van der Waals surface area contributed by atoms with Gasteiger partial charge >= 0.3 is 5.97 Å². The van der Waals surface area contributed by atoms with Gasteiger partial charge in [0.2, 0.25) is 47.3 Å². The van der Waals surface area contributed by atoms with Crippen LogP contribution < -0.4 is 43.8 Å². The van der Waals surface area contributed by atoms with Crippen molar-refractivity contribution in [3.8, 4) is 0 Å². The number of H-pyrrole nitrogens is 1. The molecule has 1 aromatic heterocycles. The van der Waals surface area contributed by atoms with Gasteiger partial charge in [-0.3, -0.25) is 38.4 Å². The third-order valence-corrected chi connectivity index (χ3v) is 10.8. The Balaban J connectivity index is 1.86. The van der Waals surface area contributed by atoms with Gasteiger partial charge in [-0.25, -0.2) is 4.79 Å². The number of rotatable bonds is 23. The number of benzene rings is 1. The van der Waals surface area contributed by atoms with Crippen LogP contribution in [0.2, 0.25) is 0 Å². The Hall–Kier alpha value is -6.09. The maximum Gasteiger partial charge on any atom is 0.328 e. The topological polar surface area (TPSA) is 351 Å². The number of aliphatic carboxylic acids is 1. The van der Waals surface area contributed by atoms with E-state index < -0.39 is 121 Å². The van der Waals surface area contributed by atoms with Gasteiger partial charge in [-0.2, -0.15) is 0 Å². The molecule has 1 aliphatic heterocycles. The molecule has 21 nitrogen and oxygen atoms in total. The highest BCUT2D eigenvalue weighted by Gasteiger charge is 2.41. The molecule has 1 saturated heterocycles. The molecule has 0 saturated carbocycles. The normalized spacial score (nSPS) is 17.8. The van der Waals surface area contributed by atoms with Crippen molar-refractivity contribution in [2.24, 2.45) is 29.0 Å². The molecular weight excluding hydrogens is 784 g/mol. The van der Waals surface area contributed by atoms with E-state index in [1.807, 2.05) is 6.07 Å². The fourth-order valence-electron chi connectivity index (χ4n) is 6.75. The van der Waals surface area contributed by atoms with Crippen LogP contribution in [0.3, 0.4) is 0 Å². The predicted molar refractivity (Wildman–Crippen MR) is 216 cm³/mol. The van der Waals surface area contributed by atoms with Crippen LogP contribution in [0.1, 0.15) is 71.8 Å². The highest BCUT2D eigenvalue weighted by molar-refractivity contribution is 5.99. The number of primary amides is 2. The first-order valence-corrected chi connectivity index (χ1v) is 19.9. The number of hydrogen-bond acceptors (Lipinski definition) is 11. The lowest BCUT2D eigenvalue weighted by Gasteiger charge is -2.33. The number of amides is 8. The number of aromatic nitrogens is 1. The fraction of sp³-hybridized carbons (Fsp3) is 0.564. The Bertz CT molecular complexity index is 1900. The van der Waals surface area contributed by atoms with Gasteiger partial charge in [-0.1, -0.05) is 58.7 Å². The monoisotopic (exact) mass is 842 g/mol. The van der Waals surface area contributed by atoms with Crippen molar-refractivity contribution in [2.45, 2.75) is 115 Å². The van der Waals surface area contributed by atoms with E-state index in [9.17, 15) is 53.4 Å². The molecule has 0 spiro atoms. The number of aliphatic hydroxyl groups excluding tert-OH is 1. The molecule has 8 amide bonds. The smallest absolute Gasteiger partial charge is 0.328 e. The van der Waals surface area contributed by atoms with Gasteiger partial charge in [0.05, 0.1) is 25.5 Å². The lowest BCUT2D eigenvalue weighted by atomic mass is 9.96. The first-order valence-electron chi connectivity index (χ1n) is 19.9. The zero-order valence-electron chi connectivity index (χ0n) is 34.2. The van der Waals surface area contributed by atoms with Crippen LogP contribution in [0.5, 0.6) is 0 Å². The largest absolute Gasteiger partial charge is 0.480 e. The molecule has 1 fully saturated rings. The first-order chi connectivity index (χ1) is 28.3. The summed E-state index contributed by atoms with van der Waals surface area (Å²) in [6.45, 7) is 6.10.